The minimum Gasteiger partial charge on any atom is -0.299 e. The van der Waals surface area contributed by atoms with Gasteiger partial charge in [0.15, 0.2) is 0 Å². The fraction of sp³-hybridized carbons (Fsp3) is 0.900. The van der Waals surface area contributed by atoms with Crippen molar-refractivity contribution in [2.75, 3.05) is 6.61 Å². The molecule has 0 aromatic rings. The summed E-state index contributed by atoms with van der Waals surface area (Å²) < 4.78 is 26.6. The zero-order valence-electron chi connectivity index (χ0n) is 9.84. The lowest BCUT2D eigenvalue weighted by molar-refractivity contribution is -0.131. The molecule has 2 bridgehead atoms. The van der Waals surface area contributed by atoms with E-state index in [9.17, 15) is 13.2 Å². The standard InChI is InChI=1S/C10H16NO5S/c1-9(2)7-3-4-10(9,8(12)5-7)6-16-17(14,15)11-13/h7,13H,3-6H2,1-2H3. The lowest BCUT2D eigenvalue weighted by atomic mass is 9.69. The first-order chi connectivity index (χ1) is 7.75. The number of nitrogens with zero attached hydrogens (tertiary/aromatic N) is 1. The fourth-order valence-corrected chi connectivity index (χ4v) is 3.70. The second kappa shape index (κ2) is 3.74. The molecule has 0 aliphatic heterocycles. The summed E-state index contributed by atoms with van der Waals surface area (Å²) in [6.45, 7) is 3.73. The van der Waals surface area contributed by atoms with E-state index in [0.29, 0.717) is 18.8 Å². The van der Waals surface area contributed by atoms with E-state index in [0.717, 1.165) is 6.42 Å². The number of Topliss-reactive ketones (excluding diaryl/α,β-unsaturated/α-hetero) is 1. The molecule has 0 spiro atoms. The van der Waals surface area contributed by atoms with Crippen LogP contribution in [0.15, 0.2) is 0 Å². The predicted octanol–water partition coefficient (Wildman–Crippen LogP) is 0.637. The van der Waals surface area contributed by atoms with E-state index in [1.54, 1.807) is 0 Å². The minimum atomic E-state index is -4.28. The molecule has 2 fully saturated rings. The third kappa shape index (κ3) is 1.72. The van der Waals surface area contributed by atoms with E-state index >= 15 is 0 Å². The topological polar surface area (TPSA) is 94.8 Å². The molecule has 2 unspecified atom stereocenters. The van der Waals surface area contributed by atoms with Gasteiger partial charge in [0.1, 0.15) is 5.78 Å². The van der Waals surface area contributed by atoms with Crippen molar-refractivity contribution in [2.24, 2.45) is 16.7 Å². The van der Waals surface area contributed by atoms with Gasteiger partial charge in [-0.15, -0.1) is 0 Å². The second-order valence-electron chi connectivity index (χ2n) is 5.44. The van der Waals surface area contributed by atoms with Crippen LogP contribution >= 0.6 is 0 Å². The molecule has 6 nitrogen and oxygen atoms in total. The quantitative estimate of drug-likeness (QED) is 0.750. The van der Waals surface area contributed by atoms with Crippen LogP contribution in [0.1, 0.15) is 33.1 Å². The van der Waals surface area contributed by atoms with Crippen LogP contribution in [0.4, 0.5) is 0 Å². The van der Waals surface area contributed by atoms with Gasteiger partial charge in [-0.05, 0) is 24.2 Å². The van der Waals surface area contributed by atoms with Crippen molar-refractivity contribution < 1.29 is 22.6 Å². The zero-order valence-corrected chi connectivity index (χ0v) is 10.7. The number of carbonyl (C=O) groups is 1. The third-order valence-corrected chi connectivity index (χ3v) is 5.31. The van der Waals surface area contributed by atoms with Crippen molar-refractivity contribution in [3.8, 4) is 0 Å². The summed E-state index contributed by atoms with van der Waals surface area (Å²) in [6.07, 6.45) is 2.05. The van der Waals surface area contributed by atoms with E-state index in [4.69, 9.17) is 5.21 Å². The van der Waals surface area contributed by atoms with Crippen molar-refractivity contribution in [3.63, 3.8) is 0 Å². The Bertz CT molecular complexity index is 444. The normalized spacial score (nSPS) is 35.5. The summed E-state index contributed by atoms with van der Waals surface area (Å²) >= 11 is 0. The van der Waals surface area contributed by atoms with Gasteiger partial charge < -0.3 is 0 Å². The number of fused-ring (bicyclic) bond motifs is 2. The predicted molar refractivity (Wildman–Crippen MR) is 57.4 cm³/mol. The second-order valence-corrected chi connectivity index (χ2v) is 6.69. The lowest BCUT2D eigenvalue weighted by Crippen LogP contribution is -2.41. The van der Waals surface area contributed by atoms with Gasteiger partial charge in [-0.25, -0.2) is 0 Å². The molecule has 2 aliphatic rings. The van der Waals surface area contributed by atoms with E-state index in [1.807, 2.05) is 13.8 Å². The molecule has 2 rings (SSSR count). The van der Waals surface area contributed by atoms with Gasteiger partial charge in [0, 0.05) is 6.42 Å². The molecule has 2 atom stereocenters. The summed E-state index contributed by atoms with van der Waals surface area (Å²) in [5.41, 5.74) is -0.996. The highest BCUT2D eigenvalue weighted by Gasteiger charge is 2.64. The van der Waals surface area contributed by atoms with Crippen LogP contribution in [0.2, 0.25) is 0 Å². The Kier molecular flexibility index (Phi) is 2.85. The van der Waals surface area contributed by atoms with Crippen molar-refractivity contribution in [1.29, 1.82) is 0 Å². The van der Waals surface area contributed by atoms with Crippen molar-refractivity contribution in [1.82, 2.24) is 4.89 Å². The molecule has 0 heterocycles. The highest BCUT2D eigenvalue weighted by molar-refractivity contribution is 7.84. The Morgan fingerprint density at radius 2 is 2.18 bits per heavy atom. The number of rotatable bonds is 4. The molecule has 0 aromatic carbocycles. The summed E-state index contributed by atoms with van der Waals surface area (Å²) in [5.74, 6) is 0.360. The van der Waals surface area contributed by atoms with E-state index in [1.165, 1.54) is 0 Å². The van der Waals surface area contributed by atoms with Crippen LogP contribution in [-0.2, 0) is 19.3 Å². The Labute approximate surface area is 101 Å². The molecule has 2 saturated carbocycles. The molecule has 97 valence electrons. The average molecular weight is 262 g/mol. The van der Waals surface area contributed by atoms with E-state index < -0.39 is 15.7 Å². The van der Waals surface area contributed by atoms with Crippen LogP contribution < -0.4 is 4.89 Å². The molecule has 1 radical (unpaired) electrons. The Hall–Kier alpha value is -0.500. The molecule has 0 saturated heterocycles. The van der Waals surface area contributed by atoms with Crippen LogP contribution in [0.25, 0.3) is 0 Å². The summed E-state index contributed by atoms with van der Waals surface area (Å²) in [5, 5.41) is 8.26. The summed E-state index contributed by atoms with van der Waals surface area (Å²) in [6, 6.07) is 0. The fourth-order valence-electron chi connectivity index (χ4n) is 3.31. The van der Waals surface area contributed by atoms with Crippen molar-refractivity contribution in [2.45, 2.75) is 33.1 Å². The first-order valence-electron chi connectivity index (χ1n) is 5.54. The first kappa shape index (κ1) is 12.9. The van der Waals surface area contributed by atoms with Gasteiger partial charge in [-0.1, -0.05) is 13.8 Å². The Balaban J connectivity index is 2.21. The SMILES string of the molecule is CC1(C)C2CCC1(COS(=O)(=O)[N]O)C(=O)C2. The molecular formula is C10H16NO5S. The zero-order chi connectivity index (χ0) is 12.9. The molecule has 0 amide bonds. The smallest absolute Gasteiger partial charge is 0.299 e. The molecule has 2 aliphatic carbocycles. The van der Waals surface area contributed by atoms with Gasteiger partial charge in [-0.2, -0.15) is 8.42 Å². The van der Waals surface area contributed by atoms with Crippen LogP contribution in [0.5, 0.6) is 0 Å². The van der Waals surface area contributed by atoms with Gasteiger partial charge in [0.2, 0.25) is 0 Å². The maximum atomic E-state index is 12.0. The molecule has 7 heteroatoms. The molecular weight excluding hydrogens is 246 g/mol. The first-order valence-corrected chi connectivity index (χ1v) is 6.91. The maximum absolute atomic E-state index is 12.0. The van der Waals surface area contributed by atoms with Gasteiger partial charge in [0.25, 0.3) is 0 Å². The molecule has 0 aromatic heterocycles. The number of carbonyl (C=O) groups excluding carboxylic acids is 1. The lowest BCUT2D eigenvalue weighted by Gasteiger charge is -2.35. The minimum absolute atomic E-state index is 0.0619. The van der Waals surface area contributed by atoms with Crippen LogP contribution in [-0.4, -0.2) is 26.0 Å². The van der Waals surface area contributed by atoms with E-state index in [2.05, 4.69) is 9.07 Å². The highest BCUT2D eigenvalue weighted by Crippen LogP contribution is 2.63. The molecule has 17 heavy (non-hydrogen) atoms. The average Bonchev–Trinajstić information content (AvgIpc) is 2.60. The van der Waals surface area contributed by atoms with Crippen LogP contribution in [0.3, 0.4) is 0 Å². The number of hydrogen-bond donors (Lipinski definition) is 1. The van der Waals surface area contributed by atoms with Gasteiger partial charge in [-0.3, -0.25) is 14.2 Å². The summed E-state index contributed by atoms with van der Waals surface area (Å²) in [7, 11) is -4.28. The monoisotopic (exact) mass is 262 g/mol. The van der Waals surface area contributed by atoms with E-state index in [-0.39, 0.29) is 17.8 Å². The highest BCUT2D eigenvalue weighted by atomic mass is 32.2. The maximum Gasteiger partial charge on any atom is 0.377 e. The van der Waals surface area contributed by atoms with Crippen molar-refractivity contribution >= 4 is 16.1 Å². The Morgan fingerprint density at radius 3 is 2.59 bits per heavy atom. The number of ketones is 1. The largest absolute Gasteiger partial charge is 0.377 e. The summed E-state index contributed by atoms with van der Waals surface area (Å²) in [4.78, 5) is 14.2. The Morgan fingerprint density at radius 1 is 1.53 bits per heavy atom. The van der Waals surface area contributed by atoms with Gasteiger partial charge >= 0.3 is 10.3 Å². The van der Waals surface area contributed by atoms with Gasteiger partial charge in [0.05, 0.1) is 16.9 Å². The van der Waals surface area contributed by atoms with Crippen LogP contribution in [0, 0.1) is 16.7 Å². The third-order valence-electron chi connectivity index (χ3n) is 4.69. The van der Waals surface area contributed by atoms with Crippen molar-refractivity contribution in [3.05, 3.63) is 0 Å². The number of hydrogen-bond acceptors (Lipinski definition) is 5. The molecule has 1 N–H and O–H groups in total.